The van der Waals surface area contributed by atoms with Crippen molar-refractivity contribution in [3.8, 4) is 0 Å². The number of hydrogen-bond donors (Lipinski definition) is 2. The van der Waals surface area contributed by atoms with Gasteiger partial charge in [-0.2, -0.15) is 0 Å². The van der Waals surface area contributed by atoms with Crippen molar-refractivity contribution < 1.29 is 0 Å². The average Bonchev–Trinajstić information content (AvgIpc) is 3.06. The fraction of sp³-hybridized carbons (Fsp3) is 0.667. The van der Waals surface area contributed by atoms with E-state index in [1.54, 1.807) is 18.4 Å². The van der Waals surface area contributed by atoms with Gasteiger partial charge in [0.1, 0.15) is 11.6 Å². The van der Waals surface area contributed by atoms with Crippen LogP contribution in [0.4, 0.5) is 0 Å². The Morgan fingerprint density at radius 3 is 2.59 bits per heavy atom. The molecule has 0 saturated heterocycles. The number of thiazole rings is 1. The Hall–Kier alpha value is -1.23. The van der Waals surface area contributed by atoms with E-state index in [4.69, 9.17) is 0 Å². The van der Waals surface area contributed by atoms with Crippen molar-refractivity contribution in [3.05, 3.63) is 27.2 Å². The molecule has 7 nitrogen and oxygen atoms in total. The molecule has 0 aromatic carbocycles. The van der Waals surface area contributed by atoms with Crippen LogP contribution in [0.3, 0.4) is 0 Å². The van der Waals surface area contributed by atoms with Gasteiger partial charge in [-0.25, -0.2) is 4.98 Å². The molecule has 0 atom stereocenters. The zero-order valence-electron chi connectivity index (χ0n) is 16.4. The molecule has 9 heteroatoms. The Labute approximate surface area is 182 Å². The van der Waals surface area contributed by atoms with Crippen LogP contribution >= 0.6 is 35.3 Å². The van der Waals surface area contributed by atoms with Crippen LogP contribution in [0.5, 0.6) is 0 Å². The van der Waals surface area contributed by atoms with Crippen LogP contribution in [0.25, 0.3) is 0 Å². The maximum Gasteiger partial charge on any atom is 0.191 e. The Morgan fingerprint density at radius 2 is 1.89 bits per heavy atom. The third-order valence-corrected chi connectivity index (χ3v) is 5.89. The second kappa shape index (κ2) is 10.9. The summed E-state index contributed by atoms with van der Waals surface area (Å²) in [5, 5.41) is 16.7. The molecule has 0 fully saturated rings. The van der Waals surface area contributed by atoms with E-state index >= 15 is 0 Å². The van der Waals surface area contributed by atoms with E-state index in [1.165, 1.54) is 29.1 Å². The van der Waals surface area contributed by atoms with Crippen LogP contribution in [-0.4, -0.2) is 45.8 Å². The van der Waals surface area contributed by atoms with Crippen molar-refractivity contribution in [3.63, 3.8) is 0 Å². The van der Waals surface area contributed by atoms with E-state index in [9.17, 15) is 0 Å². The van der Waals surface area contributed by atoms with Gasteiger partial charge in [-0.05, 0) is 26.7 Å². The van der Waals surface area contributed by atoms with Crippen molar-refractivity contribution >= 4 is 41.3 Å². The summed E-state index contributed by atoms with van der Waals surface area (Å²) < 4.78 is 2.30. The predicted octanol–water partition coefficient (Wildman–Crippen LogP) is 2.65. The largest absolute Gasteiger partial charge is 0.356 e. The molecule has 0 radical (unpaired) electrons. The topological polar surface area (TPSA) is 80.0 Å². The zero-order valence-corrected chi connectivity index (χ0v) is 19.6. The Bertz CT molecular complexity index is 733. The van der Waals surface area contributed by atoms with Crippen molar-refractivity contribution in [1.29, 1.82) is 0 Å². The monoisotopic (exact) mass is 503 g/mol. The highest BCUT2D eigenvalue weighted by atomic mass is 127. The number of nitrogens with zero attached hydrogens (tertiary/aromatic N) is 5. The number of aromatic nitrogens is 4. The molecule has 0 saturated carbocycles. The highest BCUT2D eigenvalue weighted by Crippen LogP contribution is 2.16. The molecule has 2 aromatic rings. The van der Waals surface area contributed by atoms with Gasteiger partial charge in [0.05, 0.1) is 10.7 Å². The first-order chi connectivity index (χ1) is 12.7. The average molecular weight is 503 g/mol. The number of guanidine groups is 1. The predicted molar refractivity (Wildman–Crippen MR) is 121 cm³/mol. The molecule has 0 amide bonds. The van der Waals surface area contributed by atoms with Gasteiger partial charge >= 0.3 is 0 Å². The summed E-state index contributed by atoms with van der Waals surface area (Å²) >= 11 is 1.78. The summed E-state index contributed by atoms with van der Waals surface area (Å²) in [6, 6.07) is 0. The van der Waals surface area contributed by atoms with E-state index in [2.05, 4.69) is 49.2 Å². The first kappa shape index (κ1) is 22.1. The van der Waals surface area contributed by atoms with Gasteiger partial charge in [0, 0.05) is 50.8 Å². The lowest BCUT2D eigenvalue weighted by molar-refractivity contribution is 0.600. The number of hydrogen-bond acceptors (Lipinski definition) is 5. The molecule has 2 aromatic heterocycles. The van der Waals surface area contributed by atoms with Gasteiger partial charge in [0.2, 0.25) is 0 Å². The molecule has 2 N–H and O–H groups in total. The summed E-state index contributed by atoms with van der Waals surface area (Å²) in [4.78, 5) is 10.2. The van der Waals surface area contributed by atoms with Crippen LogP contribution in [-0.2, 0) is 25.8 Å². The van der Waals surface area contributed by atoms with Crippen LogP contribution < -0.4 is 10.6 Å². The van der Waals surface area contributed by atoms with Gasteiger partial charge in [-0.15, -0.1) is 45.5 Å². The van der Waals surface area contributed by atoms with Crippen molar-refractivity contribution in [2.75, 3.05) is 20.1 Å². The number of fused-ring (bicyclic) bond motifs is 1. The fourth-order valence-corrected chi connectivity index (χ4v) is 4.11. The van der Waals surface area contributed by atoms with Gasteiger partial charge in [0.15, 0.2) is 5.96 Å². The molecule has 0 aliphatic carbocycles. The second-order valence-corrected chi connectivity index (χ2v) is 7.96. The molecular formula is C18H30IN7S. The summed E-state index contributed by atoms with van der Waals surface area (Å²) in [6.45, 7) is 6.86. The van der Waals surface area contributed by atoms with E-state index in [1.807, 2.05) is 0 Å². The number of aryl methyl sites for hydroxylation is 3. The number of halogens is 1. The molecule has 0 unspecified atom stereocenters. The van der Waals surface area contributed by atoms with E-state index in [-0.39, 0.29) is 24.0 Å². The van der Waals surface area contributed by atoms with E-state index < -0.39 is 0 Å². The Kier molecular flexibility index (Phi) is 8.94. The third kappa shape index (κ3) is 6.13. The molecule has 150 valence electrons. The van der Waals surface area contributed by atoms with Gasteiger partial charge in [0.25, 0.3) is 0 Å². The van der Waals surface area contributed by atoms with Crippen LogP contribution in [0, 0.1) is 13.8 Å². The van der Waals surface area contributed by atoms with Gasteiger partial charge < -0.3 is 15.2 Å². The van der Waals surface area contributed by atoms with Crippen LogP contribution in [0.2, 0.25) is 0 Å². The standard InChI is InChI=1S/C18H29N7S.HI/c1-13-14(2)26-17(22-13)9-11-21-18(19-3)20-10-8-16-24-23-15-7-5-4-6-12-25(15)16;/h4-12H2,1-3H3,(H2,19,20,21);1H. The minimum Gasteiger partial charge on any atom is -0.356 e. The minimum absolute atomic E-state index is 0. The lowest BCUT2D eigenvalue weighted by Crippen LogP contribution is -2.39. The molecular weight excluding hydrogens is 473 g/mol. The van der Waals surface area contributed by atoms with Crippen molar-refractivity contribution in [1.82, 2.24) is 30.4 Å². The summed E-state index contributed by atoms with van der Waals surface area (Å²) in [5.41, 5.74) is 1.14. The third-order valence-electron chi connectivity index (χ3n) is 4.75. The Morgan fingerprint density at radius 1 is 1.11 bits per heavy atom. The highest BCUT2D eigenvalue weighted by molar-refractivity contribution is 14.0. The molecule has 3 rings (SSSR count). The first-order valence-corrected chi connectivity index (χ1v) is 10.3. The number of rotatable bonds is 6. The second-order valence-electron chi connectivity index (χ2n) is 6.67. The SMILES string of the molecule is CN=C(NCCc1nc(C)c(C)s1)NCCc1nnc2n1CCCCC2.I. The summed E-state index contributed by atoms with van der Waals surface area (Å²) in [7, 11) is 1.80. The maximum atomic E-state index is 4.58. The van der Waals surface area contributed by atoms with Crippen LogP contribution in [0.1, 0.15) is 46.5 Å². The lowest BCUT2D eigenvalue weighted by atomic mass is 10.2. The molecule has 27 heavy (non-hydrogen) atoms. The molecule has 1 aliphatic heterocycles. The number of aliphatic imine (C=N–C) groups is 1. The van der Waals surface area contributed by atoms with E-state index in [0.717, 1.165) is 62.2 Å². The van der Waals surface area contributed by atoms with Crippen molar-refractivity contribution in [2.24, 2.45) is 4.99 Å². The molecule has 3 heterocycles. The number of nitrogens with one attached hydrogen (secondary N) is 2. The van der Waals surface area contributed by atoms with Gasteiger partial charge in [-0.3, -0.25) is 4.99 Å². The normalized spacial score (nSPS) is 14.3. The molecule has 0 spiro atoms. The Balaban J connectivity index is 0.00000261. The van der Waals surface area contributed by atoms with Gasteiger partial charge in [-0.1, -0.05) is 6.42 Å². The van der Waals surface area contributed by atoms with E-state index in [0.29, 0.717) is 0 Å². The summed E-state index contributed by atoms with van der Waals surface area (Å²) in [6.07, 6.45) is 6.57. The van der Waals surface area contributed by atoms with Crippen molar-refractivity contribution in [2.45, 2.75) is 58.9 Å². The smallest absolute Gasteiger partial charge is 0.191 e. The zero-order chi connectivity index (χ0) is 18.4. The highest BCUT2D eigenvalue weighted by Gasteiger charge is 2.14. The quantitative estimate of drug-likeness (QED) is 0.360. The summed E-state index contributed by atoms with van der Waals surface area (Å²) in [5.74, 6) is 3.05. The maximum absolute atomic E-state index is 4.58. The fourth-order valence-electron chi connectivity index (χ4n) is 3.18. The minimum atomic E-state index is 0. The first-order valence-electron chi connectivity index (χ1n) is 9.45. The molecule has 1 aliphatic rings. The van der Waals surface area contributed by atoms with Crippen LogP contribution in [0.15, 0.2) is 4.99 Å². The molecule has 0 bridgehead atoms. The lowest BCUT2D eigenvalue weighted by Gasteiger charge is -2.12.